The second-order valence-corrected chi connectivity index (χ2v) is 6.12. The Labute approximate surface area is 127 Å². The van der Waals surface area contributed by atoms with Crippen LogP contribution in [0.5, 0.6) is 5.75 Å². The highest BCUT2D eigenvalue weighted by Crippen LogP contribution is 2.33. The van der Waals surface area contributed by atoms with Gasteiger partial charge >= 0.3 is 0 Å². The third kappa shape index (κ3) is 3.69. The predicted molar refractivity (Wildman–Crippen MR) is 85.6 cm³/mol. The largest absolute Gasteiger partial charge is 0.491 e. The van der Waals surface area contributed by atoms with Crippen molar-refractivity contribution in [2.45, 2.75) is 46.2 Å². The smallest absolute Gasteiger partial charge is 0.245 e. The van der Waals surface area contributed by atoms with Gasteiger partial charge in [0.25, 0.3) is 0 Å². The quantitative estimate of drug-likeness (QED) is 0.905. The fourth-order valence-corrected chi connectivity index (χ4v) is 2.51. The normalized spacial score (nSPS) is 18.2. The van der Waals surface area contributed by atoms with Crippen molar-refractivity contribution in [3.05, 3.63) is 23.8 Å². The Kier molecular flexibility index (Phi) is 5.10. The van der Waals surface area contributed by atoms with Gasteiger partial charge in [0.1, 0.15) is 11.8 Å². The molecule has 21 heavy (non-hydrogen) atoms. The lowest BCUT2D eigenvalue weighted by Crippen LogP contribution is -2.37. The maximum absolute atomic E-state index is 12.3. The lowest BCUT2D eigenvalue weighted by atomic mass is 10.1. The maximum Gasteiger partial charge on any atom is 0.245 e. The monoisotopic (exact) mass is 290 g/mol. The second-order valence-electron chi connectivity index (χ2n) is 6.12. The molecule has 1 atom stereocenters. The number of anilines is 1. The molecule has 1 aromatic rings. The minimum atomic E-state index is -0.175. The Morgan fingerprint density at radius 2 is 2.19 bits per heavy atom. The fraction of sp³-hybridized carbons (Fsp3) is 0.588. The third-order valence-electron chi connectivity index (χ3n) is 3.87. The zero-order chi connectivity index (χ0) is 15.4. The molecule has 0 spiro atoms. The second kappa shape index (κ2) is 6.83. The number of amides is 1. The van der Waals surface area contributed by atoms with Crippen molar-refractivity contribution in [2.75, 3.05) is 19.0 Å². The van der Waals surface area contributed by atoms with E-state index >= 15 is 0 Å². The number of rotatable bonds is 5. The Balaban J connectivity index is 2.23. The van der Waals surface area contributed by atoms with E-state index in [0.29, 0.717) is 19.1 Å². The minimum absolute atomic E-state index is 0.141. The van der Waals surface area contributed by atoms with Gasteiger partial charge in [-0.15, -0.1) is 0 Å². The summed E-state index contributed by atoms with van der Waals surface area (Å²) in [5.74, 6) is 1.62. The summed E-state index contributed by atoms with van der Waals surface area (Å²) >= 11 is 0. The molecule has 0 aliphatic carbocycles. The van der Waals surface area contributed by atoms with Crippen molar-refractivity contribution >= 4 is 11.6 Å². The van der Waals surface area contributed by atoms with Crippen molar-refractivity contribution in [1.82, 2.24) is 4.90 Å². The molecule has 1 N–H and O–H groups in total. The van der Waals surface area contributed by atoms with Crippen molar-refractivity contribution in [3.8, 4) is 5.75 Å². The SMILES string of the molecule is CCC1Nc2c(cccc2OCCC(C)C)CN(C)C1=O. The molecule has 1 amide bonds. The number of nitrogens with one attached hydrogen (secondary N) is 1. The molecule has 0 bridgehead atoms. The average Bonchev–Trinajstić information content (AvgIpc) is 2.57. The number of ether oxygens (including phenoxy) is 1. The van der Waals surface area contributed by atoms with Gasteiger partial charge in [0.05, 0.1) is 12.3 Å². The number of carbonyl (C=O) groups excluding carboxylic acids is 1. The van der Waals surface area contributed by atoms with E-state index in [4.69, 9.17) is 4.74 Å². The van der Waals surface area contributed by atoms with Gasteiger partial charge < -0.3 is 15.0 Å². The number of fused-ring (bicyclic) bond motifs is 1. The van der Waals surface area contributed by atoms with Crippen LogP contribution in [0.1, 0.15) is 39.2 Å². The first-order valence-corrected chi connectivity index (χ1v) is 7.79. The van der Waals surface area contributed by atoms with Crippen LogP contribution in [-0.4, -0.2) is 30.5 Å². The summed E-state index contributed by atoms with van der Waals surface area (Å²) in [6.45, 7) is 7.73. The molecular weight excluding hydrogens is 264 g/mol. The number of carbonyl (C=O) groups is 1. The maximum atomic E-state index is 12.3. The number of hydrogen-bond donors (Lipinski definition) is 1. The van der Waals surface area contributed by atoms with Crippen LogP contribution in [0, 0.1) is 5.92 Å². The number of likely N-dealkylation sites (N-methyl/N-ethyl adjacent to an activating group) is 1. The summed E-state index contributed by atoms with van der Waals surface area (Å²) < 4.78 is 5.94. The topological polar surface area (TPSA) is 41.6 Å². The van der Waals surface area contributed by atoms with Gasteiger partial charge in [-0.05, 0) is 30.4 Å². The Morgan fingerprint density at radius 3 is 2.86 bits per heavy atom. The Hall–Kier alpha value is -1.71. The zero-order valence-corrected chi connectivity index (χ0v) is 13.5. The minimum Gasteiger partial charge on any atom is -0.491 e. The molecule has 4 heteroatoms. The van der Waals surface area contributed by atoms with Crippen molar-refractivity contribution in [1.29, 1.82) is 0 Å². The lowest BCUT2D eigenvalue weighted by Gasteiger charge is -2.19. The molecule has 1 aliphatic rings. The molecule has 1 unspecified atom stereocenters. The molecule has 0 fully saturated rings. The molecule has 2 rings (SSSR count). The first-order valence-electron chi connectivity index (χ1n) is 7.79. The van der Waals surface area contributed by atoms with Gasteiger partial charge in [-0.25, -0.2) is 0 Å². The van der Waals surface area contributed by atoms with Crippen molar-refractivity contribution < 1.29 is 9.53 Å². The highest BCUT2D eigenvalue weighted by atomic mass is 16.5. The van der Waals surface area contributed by atoms with Gasteiger partial charge in [0.2, 0.25) is 5.91 Å². The van der Waals surface area contributed by atoms with Crippen LogP contribution in [0.15, 0.2) is 18.2 Å². The summed E-state index contributed by atoms with van der Waals surface area (Å²) in [7, 11) is 1.86. The van der Waals surface area contributed by atoms with Crippen LogP contribution in [0.3, 0.4) is 0 Å². The highest BCUT2D eigenvalue weighted by Gasteiger charge is 2.27. The highest BCUT2D eigenvalue weighted by molar-refractivity contribution is 5.87. The van der Waals surface area contributed by atoms with Gasteiger partial charge in [-0.1, -0.05) is 32.9 Å². The molecule has 0 aromatic heterocycles. The molecular formula is C17H26N2O2. The van der Waals surface area contributed by atoms with Crippen molar-refractivity contribution in [2.24, 2.45) is 5.92 Å². The molecule has 1 aliphatic heterocycles. The van der Waals surface area contributed by atoms with Crippen molar-refractivity contribution in [3.63, 3.8) is 0 Å². The van der Waals surface area contributed by atoms with E-state index in [1.807, 2.05) is 26.1 Å². The van der Waals surface area contributed by atoms with Gasteiger partial charge in [0, 0.05) is 13.6 Å². The number of hydrogen-bond acceptors (Lipinski definition) is 3. The lowest BCUT2D eigenvalue weighted by molar-refractivity contribution is -0.131. The summed E-state index contributed by atoms with van der Waals surface area (Å²) in [6, 6.07) is 5.86. The van der Waals surface area contributed by atoms with Crippen LogP contribution in [0.25, 0.3) is 0 Å². The van der Waals surface area contributed by atoms with E-state index in [-0.39, 0.29) is 11.9 Å². The van der Waals surface area contributed by atoms with Crippen LogP contribution in [-0.2, 0) is 11.3 Å². The first kappa shape index (κ1) is 15.7. The van der Waals surface area contributed by atoms with Crippen LogP contribution < -0.4 is 10.1 Å². The Morgan fingerprint density at radius 1 is 1.43 bits per heavy atom. The average molecular weight is 290 g/mol. The molecule has 1 heterocycles. The Bertz CT molecular complexity index is 500. The zero-order valence-electron chi connectivity index (χ0n) is 13.5. The summed E-state index contributed by atoms with van der Waals surface area (Å²) in [4.78, 5) is 14.1. The van der Waals surface area contributed by atoms with Gasteiger partial charge in [0.15, 0.2) is 0 Å². The first-order chi connectivity index (χ1) is 10.0. The van der Waals surface area contributed by atoms with E-state index in [0.717, 1.165) is 29.8 Å². The van der Waals surface area contributed by atoms with Gasteiger partial charge in [-0.3, -0.25) is 4.79 Å². The van der Waals surface area contributed by atoms with E-state index in [9.17, 15) is 4.79 Å². The van der Waals surface area contributed by atoms with Crippen LogP contribution in [0.4, 0.5) is 5.69 Å². The molecule has 0 saturated heterocycles. The summed E-state index contributed by atoms with van der Waals surface area (Å²) in [5.41, 5.74) is 2.09. The molecule has 1 aromatic carbocycles. The standard InChI is InChI=1S/C17H26N2O2/c1-5-14-17(20)19(4)11-13-7-6-8-15(16(13)18-14)21-10-9-12(2)3/h6-8,12,14,18H,5,9-11H2,1-4H3. The van der Waals surface area contributed by atoms with Gasteiger partial charge in [-0.2, -0.15) is 0 Å². The van der Waals surface area contributed by atoms with Crippen LogP contribution in [0.2, 0.25) is 0 Å². The van der Waals surface area contributed by atoms with E-state index in [1.165, 1.54) is 0 Å². The fourth-order valence-electron chi connectivity index (χ4n) is 2.51. The van der Waals surface area contributed by atoms with E-state index < -0.39 is 0 Å². The van der Waals surface area contributed by atoms with E-state index in [2.05, 4.69) is 25.2 Å². The summed E-state index contributed by atoms with van der Waals surface area (Å²) in [6.07, 6.45) is 1.79. The summed E-state index contributed by atoms with van der Waals surface area (Å²) in [5, 5.41) is 3.38. The molecule has 0 saturated carbocycles. The number of para-hydroxylation sites is 1. The molecule has 116 valence electrons. The predicted octanol–water partition coefficient (Wildman–Crippen LogP) is 3.27. The van der Waals surface area contributed by atoms with Crippen LogP contribution >= 0.6 is 0 Å². The molecule has 4 nitrogen and oxygen atoms in total. The third-order valence-corrected chi connectivity index (χ3v) is 3.87. The molecule has 0 radical (unpaired) electrons. The number of benzene rings is 1. The van der Waals surface area contributed by atoms with E-state index in [1.54, 1.807) is 4.90 Å². The number of nitrogens with zero attached hydrogens (tertiary/aromatic N) is 1.